The molecule has 3 fully saturated rings. The average molecular weight is 914 g/mol. The number of nitrogens with one attached hydrogen (secondary N) is 2. The summed E-state index contributed by atoms with van der Waals surface area (Å²) in [5.41, 5.74) is 7.25. The van der Waals surface area contributed by atoms with Gasteiger partial charge in [0.2, 0.25) is 11.8 Å². The van der Waals surface area contributed by atoms with Crippen molar-refractivity contribution in [2.45, 2.75) is 128 Å². The van der Waals surface area contributed by atoms with Gasteiger partial charge in [-0.25, -0.2) is 9.67 Å². The fourth-order valence-electron chi connectivity index (χ4n) is 10.6. The van der Waals surface area contributed by atoms with E-state index >= 15 is 0 Å². The van der Waals surface area contributed by atoms with Gasteiger partial charge in [0.15, 0.2) is 0 Å². The molecular formula is C50H75N9O7. The van der Waals surface area contributed by atoms with Crippen LogP contribution in [0.2, 0.25) is 0 Å². The van der Waals surface area contributed by atoms with Gasteiger partial charge in [-0.3, -0.25) is 19.3 Å². The zero-order valence-electron chi connectivity index (χ0n) is 39.6. The monoisotopic (exact) mass is 914 g/mol. The lowest BCUT2D eigenvalue weighted by Crippen LogP contribution is -2.48. The Balaban J connectivity index is 0.873. The number of piperazine rings is 1. The molecule has 4 aliphatic rings. The third-order valence-electron chi connectivity index (χ3n) is 14.1. The number of aliphatic hydroxyl groups excluding tert-OH is 2. The molecule has 0 radical (unpaired) electrons. The molecular weight excluding hydrogens is 839 g/mol. The fourth-order valence-corrected chi connectivity index (χ4v) is 10.6. The molecule has 0 bridgehead atoms. The molecule has 5 atom stereocenters. The summed E-state index contributed by atoms with van der Waals surface area (Å²) < 4.78 is 7.20. The molecule has 2 aromatic heterocycles. The molecule has 0 spiro atoms. The normalized spacial score (nSPS) is 21.1. The SMILES string of the molecule is COC[C@@H]1C[C@@H](O)CN1C(O)CCCCCNC(=O)CCCC(=O)N1CCN(c2cc([C@H](CC(=O)O)CN3CC[C@@H](CCc4ccc5c(n4)NCCC5)C3)cc(-n3nc(C)cc3C)c2)CC1. The molecule has 4 aliphatic heterocycles. The van der Waals surface area contributed by atoms with Gasteiger partial charge in [0.1, 0.15) is 12.0 Å². The van der Waals surface area contributed by atoms with Crippen LogP contribution in [-0.2, 0) is 32.0 Å². The number of methoxy groups -OCH3 is 1. The molecule has 6 heterocycles. The van der Waals surface area contributed by atoms with Gasteiger partial charge in [0, 0.05) is 108 Å². The molecule has 5 N–H and O–H groups in total. The van der Waals surface area contributed by atoms with Crippen molar-refractivity contribution in [3.05, 3.63) is 64.6 Å². The number of anilines is 2. The first-order valence-corrected chi connectivity index (χ1v) is 24.7. The van der Waals surface area contributed by atoms with E-state index in [-0.39, 0.29) is 30.2 Å². The number of carboxylic acids is 1. The molecule has 2 amide bonds. The van der Waals surface area contributed by atoms with E-state index in [0.29, 0.717) is 90.4 Å². The molecule has 0 aliphatic carbocycles. The third-order valence-corrected chi connectivity index (χ3v) is 14.1. The zero-order valence-corrected chi connectivity index (χ0v) is 39.6. The number of carbonyl (C=O) groups excluding carboxylic acids is 2. The van der Waals surface area contributed by atoms with Gasteiger partial charge in [-0.1, -0.05) is 12.5 Å². The number of aryl methyl sites for hydroxylation is 4. The van der Waals surface area contributed by atoms with Crippen molar-refractivity contribution in [3.63, 3.8) is 0 Å². The number of unbranched alkanes of at least 4 members (excludes halogenated alkanes) is 2. The maximum atomic E-state index is 13.3. The van der Waals surface area contributed by atoms with Crippen LogP contribution < -0.4 is 15.5 Å². The van der Waals surface area contributed by atoms with Crippen molar-refractivity contribution >= 4 is 29.3 Å². The first-order valence-electron chi connectivity index (χ1n) is 24.7. The van der Waals surface area contributed by atoms with Crippen LogP contribution in [0.25, 0.3) is 5.69 Å². The van der Waals surface area contributed by atoms with Gasteiger partial charge in [0.25, 0.3) is 0 Å². The van der Waals surface area contributed by atoms with Crippen LogP contribution >= 0.6 is 0 Å². The smallest absolute Gasteiger partial charge is 0.304 e. The number of likely N-dealkylation sites (tertiary alicyclic amines) is 2. The topological polar surface area (TPSA) is 189 Å². The highest BCUT2D eigenvalue weighted by molar-refractivity contribution is 5.79. The number of fused-ring (bicyclic) bond motifs is 1. The maximum absolute atomic E-state index is 13.3. The van der Waals surface area contributed by atoms with Crippen LogP contribution in [0.1, 0.15) is 111 Å². The molecule has 16 heteroatoms. The van der Waals surface area contributed by atoms with Crippen molar-refractivity contribution in [3.8, 4) is 5.69 Å². The molecule has 3 aromatic rings. The highest BCUT2D eigenvalue weighted by atomic mass is 16.5. The lowest BCUT2D eigenvalue weighted by atomic mass is 9.93. The highest BCUT2D eigenvalue weighted by Gasteiger charge is 2.35. The first-order chi connectivity index (χ1) is 31.9. The second kappa shape index (κ2) is 23.9. The Kier molecular flexibility index (Phi) is 17.9. The van der Waals surface area contributed by atoms with E-state index < -0.39 is 18.3 Å². The minimum Gasteiger partial charge on any atom is -0.481 e. The van der Waals surface area contributed by atoms with Crippen LogP contribution in [0.5, 0.6) is 0 Å². The zero-order chi connectivity index (χ0) is 46.6. The number of carboxylic acid groups (broad SMARTS) is 1. The van der Waals surface area contributed by atoms with Crippen LogP contribution in [0.15, 0.2) is 36.4 Å². The van der Waals surface area contributed by atoms with Gasteiger partial charge in [0.05, 0.1) is 30.5 Å². The number of ether oxygens (including phenoxy) is 1. The molecule has 66 heavy (non-hydrogen) atoms. The van der Waals surface area contributed by atoms with Gasteiger partial charge in [-0.2, -0.15) is 5.10 Å². The van der Waals surface area contributed by atoms with E-state index in [1.54, 1.807) is 7.11 Å². The Morgan fingerprint density at radius 1 is 0.970 bits per heavy atom. The van der Waals surface area contributed by atoms with Gasteiger partial charge in [-0.05, 0) is 132 Å². The van der Waals surface area contributed by atoms with Crippen molar-refractivity contribution in [1.29, 1.82) is 0 Å². The summed E-state index contributed by atoms with van der Waals surface area (Å²) in [6.07, 6.45) is 9.12. The van der Waals surface area contributed by atoms with Crippen LogP contribution in [0.4, 0.5) is 11.5 Å². The molecule has 362 valence electrons. The van der Waals surface area contributed by atoms with Crippen LogP contribution in [0, 0.1) is 19.8 Å². The van der Waals surface area contributed by atoms with Gasteiger partial charge in [-0.15, -0.1) is 0 Å². The van der Waals surface area contributed by atoms with E-state index in [4.69, 9.17) is 14.8 Å². The Labute approximate surface area is 391 Å². The molecule has 7 rings (SSSR count). The number of hydrogen-bond acceptors (Lipinski definition) is 12. The number of hydrogen-bond donors (Lipinski definition) is 5. The molecule has 1 unspecified atom stereocenters. The molecule has 1 aromatic carbocycles. The lowest BCUT2D eigenvalue weighted by molar-refractivity contribution is -0.137. The Morgan fingerprint density at radius 3 is 2.56 bits per heavy atom. The number of pyridine rings is 1. The van der Waals surface area contributed by atoms with Gasteiger partial charge < -0.3 is 45.4 Å². The van der Waals surface area contributed by atoms with E-state index in [0.717, 1.165) is 111 Å². The van der Waals surface area contributed by atoms with Crippen LogP contribution in [0.3, 0.4) is 0 Å². The lowest BCUT2D eigenvalue weighted by Gasteiger charge is -2.37. The minimum absolute atomic E-state index is 0.0266. The summed E-state index contributed by atoms with van der Waals surface area (Å²) in [5, 5.41) is 42.1. The summed E-state index contributed by atoms with van der Waals surface area (Å²) >= 11 is 0. The molecule has 16 nitrogen and oxygen atoms in total. The number of aromatic nitrogens is 3. The van der Waals surface area contributed by atoms with Crippen LogP contribution in [-0.4, -0.2) is 160 Å². The Morgan fingerprint density at radius 2 is 1.79 bits per heavy atom. The number of benzene rings is 1. The third kappa shape index (κ3) is 13.7. The highest BCUT2D eigenvalue weighted by Crippen LogP contribution is 2.33. The number of nitrogens with zero attached hydrogens (tertiary/aromatic N) is 7. The number of aliphatic hydroxyl groups is 2. The predicted octanol–water partition coefficient (Wildman–Crippen LogP) is 4.65. The quantitative estimate of drug-likeness (QED) is 0.0829. The number of carbonyl (C=O) groups is 3. The van der Waals surface area contributed by atoms with E-state index in [9.17, 15) is 29.7 Å². The number of rotatable bonds is 23. The van der Waals surface area contributed by atoms with Crippen molar-refractivity contribution in [2.24, 2.45) is 5.92 Å². The Bertz CT molecular complexity index is 2070. The number of β-amino-alcohol motifs (C(OH)–C–C–N with tert-alkyl or cyclic N) is 1. The summed E-state index contributed by atoms with van der Waals surface area (Å²) in [6, 6.07) is 12.9. The second-order valence-corrected chi connectivity index (χ2v) is 19.3. The maximum Gasteiger partial charge on any atom is 0.304 e. The van der Waals surface area contributed by atoms with Crippen molar-refractivity contribution in [2.75, 3.05) is 89.4 Å². The summed E-state index contributed by atoms with van der Waals surface area (Å²) in [4.78, 5) is 51.8. The standard InChI is InChI=1S/C50H75N9O7/c1-35-25-36(2)59(54-35)43-27-39(40(28-49(64)65)32-55-20-17-37(31-55)13-15-41-16-14-38-9-8-19-52-50(38)53-41)26-42(29-43)56-21-23-57(24-22-56)47(62)12-7-10-46(61)51-18-6-4-5-11-48(63)58-33-45(60)30-44(58)34-66-3/h14,16,25-27,29,37,40,44-45,48,60,63H,4-13,15,17-24,28,30-34H2,1-3H3,(H,51,61)(H,52,53)(H,64,65)/t37-,40-,44+,45-,48?/m1/s1. The summed E-state index contributed by atoms with van der Waals surface area (Å²) in [5.74, 6) is 0.554. The number of amides is 2. The van der Waals surface area contributed by atoms with Crippen molar-refractivity contribution in [1.82, 2.24) is 34.8 Å². The number of aliphatic carboxylic acids is 1. The Hall–Kier alpha value is -4.61. The second-order valence-electron chi connectivity index (χ2n) is 19.3. The van der Waals surface area contributed by atoms with E-state index in [1.807, 2.05) is 34.4 Å². The molecule has 0 saturated carbocycles. The van der Waals surface area contributed by atoms with E-state index in [2.05, 4.69) is 50.8 Å². The summed E-state index contributed by atoms with van der Waals surface area (Å²) in [7, 11) is 1.63. The largest absolute Gasteiger partial charge is 0.481 e. The first kappa shape index (κ1) is 49.3. The fraction of sp³-hybridized carbons (Fsp3) is 0.660. The predicted molar refractivity (Wildman–Crippen MR) is 255 cm³/mol. The van der Waals surface area contributed by atoms with Crippen molar-refractivity contribution < 1.29 is 34.4 Å². The average Bonchev–Trinajstić information content (AvgIpc) is 4.02. The summed E-state index contributed by atoms with van der Waals surface area (Å²) in [6.45, 7) is 11.5. The van der Waals surface area contributed by atoms with Gasteiger partial charge >= 0.3 is 5.97 Å². The van der Waals surface area contributed by atoms with E-state index in [1.165, 1.54) is 5.56 Å². The molecule has 3 saturated heterocycles. The minimum atomic E-state index is -0.814.